The summed E-state index contributed by atoms with van der Waals surface area (Å²) in [6.45, 7) is 2.02. The molecule has 0 fully saturated rings. The molecule has 0 spiro atoms. The molecule has 0 aliphatic heterocycles. The molecular weight excluding hydrogens is 210 g/mol. The lowest BCUT2D eigenvalue weighted by atomic mass is 9.99. The van der Waals surface area contributed by atoms with Gasteiger partial charge in [0.2, 0.25) is 0 Å². The zero-order valence-corrected chi connectivity index (χ0v) is 9.72. The first-order valence-electron chi connectivity index (χ1n) is 5.42. The summed E-state index contributed by atoms with van der Waals surface area (Å²) in [5.74, 6) is 5.49. The maximum Gasteiger partial charge on any atom is 0.0992 e. The number of nitrogen functional groups attached to an aromatic ring is 1. The number of hydrazone groups is 1. The van der Waals surface area contributed by atoms with Crippen LogP contribution in [0.3, 0.4) is 0 Å². The first-order chi connectivity index (χ1) is 8.22. The Bertz CT molecular complexity index is 545. The predicted molar refractivity (Wildman–Crippen MR) is 71.9 cm³/mol. The molecule has 0 aliphatic rings. The average Bonchev–Trinajstić information content (AvgIpc) is 2.36. The van der Waals surface area contributed by atoms with E-state index in [4.69, 9.17) is 11.6 Å². The van der Waals surface area contributed by atoms with E-state index in [0.29, 0.717) is 11.4 Å². The fourth-order valence-corrected chi connectivity index (χ4v) is 1.77. The second-order valence-electron chi connectivity index (χ2n) is 3.93. The van der Waals surface area contributed by atoms with Crippen molar-refractivity contribution in [3.8, 4) is 0 Å². The third-order valence-electron chi connectivity index (χ3n) is 2.64. The largest absolute Gasteiger partial charge is 0.398 e. The van der Waals surface area contributed by atoms with E-state index < -0.39 is 0 Å². The van der Waals surface area contributed by atoms with E-state index >= 15 is 0 Å². The van der Waals surface area contributed by atoms with Crippen LogP contribution < -0.4 is 11.6 Å². The fraction of sp³-hybridized carbons (Fsp3) is 0.0714. The quantitative estimate of drug-likeness (QED) is 0.356. The molecule has 0 atom stereocenters. The monoisotopic (exact) mass is 225 g/mol. The Morgan fingerprint density at radius 1 is 1.06 bits per heavy atom. The minimum atomic E-state index is 0.684. The van der Waals surface area contributed by atoms with Crippen LogP contribution >= 0.6 is 0 Å². The van der Waals surface area contributed by atoms with Gasteiger partial charge in [0.1, 0.15) is 0 Å². The molecule has 0 radical (unpaired) electrons. The lowest BCUT2D eigenvalue weighted by Crippen LogP contribution is -2.09. The van der Waals surface area contributed by atoms with Gasteiger partial charge in [0.15, 0.2) is 0 Å². The lowest BCUT2D eigenvalue weighted by molar-refractivity contribution is 1.24. The number of nitrogens with two attached hydrogens (primary N) is 2. The Morgan fingerprint density at radius 2 is 1.76 bits per heavy atom. The summed E-state index contributed by atoms with van der Waals surface area (Å²) in [5.41, 5.74) is 10.3. The van der Waals surface area contributed by atoms with Gasteiger partial charge in [0.25, 0.3) is 0 Å². The molecule has 0 aromatic heterocycles. The number of benzene rings is 2. The van der Waals surface area contributed by atoms with Gasteiger partial charge in [0.05, 0.1) is 5.71 Å². The number of hydrogen-bond acceptors (Lipinski definition) is 3. The summed E-state index contributed by atoms with van der Waals surface area (Å²) in [4.78, 5) is 0. The van der Waals surface area contributed by atoms with E-state index in [1.165, 1.54) is 0 Å². The van der Waals surface area contributed by atoms with E-state index in [1.54, 1.807) is 0 Å². The number of hydrogen-bond donors (Lipinski definition) is 2. The first kappa shape index (κ1) is 11.2. The molecule has 0 saturated carbocycles. The average molecular weight is 225 g/mol. The summed E-state index contributed by atoms with van der Waals surface area (Å²) in [7, 11) is 0. The molecule has 0 aliphatic carbocycles. The van der Waals surface area contributed by atoms with Crippen LogP contribution in [-0.2, 0) is 0 Å². The van der Waals surface area contributed by atoms with Gasteiger partial charge < -0.3 is 11.6 Å². The molecule has 0 amide bonds. The van der Waals surface area contributed by atoms with Crippen molar-refractivity contribution in [1.82, 2.24) is 0 Å². The molecule has 0 saturated heterocycles. The highest BCUT2D eigenvalue weighted by Gasteiger charge is 2.09. The number of nitrogens with zero attached hydrogens (tertiary/aromatic N) is 1. The van der Waals surface area contributed by atoms with Crippen molar-refractivity contribution in [1.29, 1.82) is 0 Å². The molecule has 3 heteroatoms. The smallest absolute Gasteiger partial charge is 0.0992 e. The van der Waals surface area contributed by atoms with Gasteiger partial charge in [0, 0.05) is 16.8 Å². The molecule has 3 nitrogen and oxygen atoms in total. The molecular formula is C14H15N3. The van der Waals surface area contributed by atoms with E-state index in [2.05, 4.69) is 5.10 Å². The molecule has 2 aromatic carbocycles. The highest BCUT2D eigenvalue weighted by Crippen LogP contribution is 2.18. The minimum Gasteiger partial charge on any atom is -0.398 e. The molecule has 2 rings (SSSR count). The predicted octanol–water partition coefficient (Wildman–Crippen LogP) is 2.29. The van der Waals surface area contributed by atoms with Gasteiger partial charge in [-0.15, -0.1) is 0 Å². The summed E-state index contributed by atoms with van der Waals surface area (Å²) < 4.78 is 0. The van der Waals surface area contributed by atoms with Gasteiger partial charge in [-0.2, -0.15) is 5.10 Å². The van der Waals surface area contributed by atoms with Crippen molar-refractivity contribution in [2.75, 3.05) is 5.73 Å². The first-order valence-corrected chi connectivity index (χ1v) is 5.42. The highest BCUT2D eigenvalue weighted by atomic mass is 15.1. The normalized spacial score (nSPS) is 11.5. The van der Waals surface area contributed by atoms with E-state index in [1.807, 2.05) is 55.5 Å². The van der Waals surface area contributed by atoms with Crippen LogP contribution in [0.15, 0.2) is 53.6 Å². The van der Waals surface area contributed by atoms with Gasteiger partial charge in [-0.05, 0) is 19.1 Å². The van der Waals surface area contributed by atoms with E-state index in [-0.39, 0.29) is 0 Å². The Hall–Kier alpha value is -2.29. The van der Waals surface area contributed by atoms with Crippen molar-refractivity contribution >= 4 is 11.4 Å². The van der Waals surface area contributed by atoms with Crippen LogP contribution in [0.1, 0.15) is 16.7 Å². The van der Waals surface area contributed by atoms with Gasteiger partial charge >= 0.3 is 0 Å². The van der Waals surface area contributed by atoms with Crippen molar-refractivity contribution in [3.63, 3.8) is 0 Å². The SMILES string of the molecule is Cc1ccc(N)c(/C(=N\N)c2ccccc2)c1. The Kier molecular flexibility index (Phi) is 3.10. The summed E-state index contributed by atoms with van der Waals surface area (Å²) in [6.07, 6.45) is 0. The molecule has 4 N–H and O–H groups in total. The lowest BCUT2D eigenvalue weighted by Gasteiger charge is -2.09. The van der Waals surface area contributed by atoms with Gasteiger partial charge in [-0.25, -0.2) is 0 Å². The summed E-state index contributed by atoms with van der Waals surface area (Å²) >= 11 is 0. The standard InChI is InChI=1S/C14H15N3/c1-10-7-8-13(15)12(9-10)14(17-16)11-5-3-2-4-6-11/h2-9H,15-16H2,1H3/b17-14-. The van der Waals surface area contributed by atoms with Crippen LogP contribution in [0.4, 0.5) is 5.69 Å². The zero-order valence-electron chi connectivity index (χ0n) is 9.72. The second-order valence-corrected chi connectivity index (χ2v) is 3.93. The highest BCUT2D eigenvalue weighted by molar-refractivity contribution is 6.15. The summed E-state index contributed by atoms with van der Waals surface area (Å²) in [5, 5.41) is 3.87. The Labute approximate surface area is 101 Å². The Morgan fingerprint density at radius 3 is 2.41 bits per heavy atom. The number of anilines is 1. The van der Waals surface area contributed by atoms with E-state index in [0.717, 1.165) is 16.7 Å². The van der Waals surface area contributed by atoms with Crippen LogP contribution in [-0.4, -0.2) is 5.71 Å². The zero-order chi connectivity index (χ0) is 12.3. The van der Waals surface area contributed by atoms with Crippen molar-refractivity contribution in [2.45, 2.75) is 6.92 Å². The summed E-state index contributed by atoms with van der Waals surface area (Å²) in [6, 6.07) is 15.6. The Balaban J connectivity index is 2.54. The molecule has 0 bridgehead atoms. The van der Waals surface area contributed by atoms with Gasteiger partial charge in [-0.1, -0.05) is 42.0 Å². The molecule has 0 heterocycles. The maximum atomic E-state index is 5.97. The van der Waals surface area contributed by atoms with Crippen LogP contribution in [0, 0.1) is 6.92 Å². The minimum absolute atomic E-state index is 0.684. The topological polar surface area (TPSA) is 64.4 Å². The van der Waals surface area contributed by atoms with Crippen molar-refractivity contribution in [3.05, 3.63) is 65.2 Å². The van der Waals surface area contributed by atoms with Crippen LogP contribution in [0.2, 0.25) is 0 Å². The third kappa shape index (κ3) is 2.28. The van der Waals surface area contributed by atoms with Crippen molar-refractivity contribution < 1.29 is 0 Å². The molecule has 0 unspecified atom stereocenters. The van der Waals surface area contributed by atoms with Gasteiger partial charge in [-0.3, -0.25) is 0 Å². The second kappa shape index (κ2) is 4.70. The van der Waals surface area contributed by atoms with Crippen molar-refractivity contribution in [2.24, 2.45) is 10.9 Å². The molecule has 2 aromatic rings. The molecule has 86 valence electrons. The number of aryl methyl sites for hydroxylation is 1. The molecule has 17 heavy (non-hydrogen) atoms. The number of rotatable bonds is 2. The van der Waals surface area contributed by atoms with Crippen LogP contribution in [0.5, 0.6) is 0 Å². The maximum absolute atomic E-state index is 5.97. The van der Waals surface area contributed by atoms with E-state index in [9.17, 15) is 0 Å². The third-order valence-corrected chi connectivity index (χ3v) is 2.64. The fourth-order valence-electron chi connectivity index (χ4n) is 1.77. The van der Waals surface area contributed by atoms with Crippen LogP contribution in [0.25, 0.3) is 0 Å².